The molecule has 1 aliphatic rings. The fourth-order valence-corrected chi connectivity index (χ4v) is 4.59. The molecule has 0 saturated carbocycles. The van der Waals surface area contributed by atoms with Crippen LogP contribution in [0.4, 0.5) is 0 Å². The van der Waals surface area contributed by atoms with Gasteiger partial charge in [-0.15, -0.1) is 0 Å². The molecule has 0 N–H and O–H groups in total. The van der Waals surface area contributed by atoms with Crippen molar-refractivity contribution >= 4 is 32.3 Å². The lowest BCUT2D eigenvalue weighted by molar-refractivity contribution is -0.0703. The smallest absolute Gasteiger partial charge is 0.0678 e. The zero-order valence-corrected chi connectivity index (χ0v) is 14.8. The number of morpholine rings is 1. The molecule has 2 heteroatoms. The van der Waals surface area contributed by atoms with Crippen LogP contribution >= 0.6 is 0 Å². The Hall–Kier alpha value is -2.16. The molecular weight excluding hydrogens is 306 g/mol. The molecule has 25 heavy (non-hydrogen) atoms. The van der Waals surface area contributed by atoms with Crippen molar-refractivity contribution in [1.82, 2.24) is 4.90 Å². The van der Waals surface area contributed by atoms with Crippen molar-refractivity contribution in [3.8, 4) is 0 Å². The first-order chi connectivity index (χ1) is 12.2. The van der Waals surface area contributed by atoms with Gasteiger partial charge in [0, 0.05) is 19.6 Å². The number of benzene rings is 4. The van der Waals surface area contributed by atoms with Gasteiger partial charge in [-0.1, -0.05) is 54.6 Å². The summed E-state index contributed by atoms with van der Waals surface area (Å²) >= 11 is 0. The lowest BCUT2D eigenvalue weighted by Gasteiger charge is -2.35. The molecule has 5 rings (SSSR count). The Morgan fingerprint density at radius 2 is 1.40 bits per heavy atom. The van der Waals surface area contributed by atoms with Gasteiger partial charge in [0.25, 0.3) is 0 Å². The molecule has 4 aromatic rings. The number of hydrogen-bond donors (Lipinski definition) is 0. The lowest BCUT2D eigenvalue weighted by Crippen LogP contribution is -2.44. The monoisotopic (exact) mass is 329 g/mol. The average molecular weight is 329 g/mol. The molecule has 0 spiro atoms. The molecule has 0 radical (unpaired) electrons. The Morgan fingerprint density at radius 1 is 0.800 bits per heavy atom. The zero-order chi connectivity index (χ0) is 17.0. The van der Waals surface area contributed by atoms with Gasteiger partial charge >= 0.3 is 0 Å². The van der Waals surface area contributed by atoms with Gasteiger partial charge in [0.1, 0.15) is 0 Å². The molecule has 1 saturated heterocycles. The standard InChI is InChI=1S/C23H23NO/c1-15-12-24(13-16(2)25-15)14-20-9-8-19-7-6-17-4-3-5-18-10-11-21(20)23(19)22(17)18/h3-11,15-16H,12-14H2,1-2H3/t15-,16+. The van der Waals surface area contributed by atoms with E-state index in [0.29, 0.717) is 12.2 Å². The van der Waals surface area contributed by atoms with Gasteiger partial charge in [-0.3, -0.25) is 4.90 Å². The zero-order valence-electron chi connectivity index (χ0n) is 14.8. The lowest BCUT2D eigenvalue weighted by atomic mass is 9.92. The van der Waals surface area contributed by atoms with Gasteiger partial charge in [-0.2, -0.15) is 0 Å². The molecule has 0 bridgehead atoms. The Kier molecular flexibility index (Phi) is 3.44. The van der Waals surface area contributed by atoms with E-state index < -0.39 is 0 Å². The van der Waals surface area contributed by atoms with Crippen LogP contribution in [-0.4, -0.2) is 30.2 Å². The van der Waals surface area contributed by atoms with Gasteiger partial charge in [-0.05, 0) is 51.7 Å². The summed E-state index contributed by atoms with van der Waals surface area (Å²) in [5.41, 5.74) is 1.42. The van der Waals surface area contributed by atoms with Crippen LogP contribution in [0.3, 0.4) is 0 Å². The van der Waals surface area contributed by atoms with Gasteiger partial charge < -0.3 is 4.74 Å². The van der Waals surface area contributed by atoms with Gasteiger partial charge in [0.2, 0.25) is 0 Å². The second-order valence-electron chi connectivity index (χ2n) is 7.53. The fraction of sp³-hybridized carbons (Fsp3) is 0.304. The van der Waals surface area contributed by atoms with Crippen LogP contribution in [0.25, 0.3) is 32.3 Å². The molecule has 0 amide bonds. The van der Waals surface area contributed by atoms with Crippen LogP contribution in [0.1, 0.15) is 19.4 Å². The summed E-state index contributed by atoms with van der Waals surface area (Å²) in [4.78, 5) is 2.53. The van der Waals surface area contributed by atoms with Crippen molar-refractivity contribution in [1.29, 1.82) is 0 Å². The third-order valence-corrected chi connectivity index (χ3v) is 5.51. The van der Waals surface area contributed by atoms with Crippen molar-refractivity contribution in [2.45, 2.75) is 32.6 Å². The molecule has 1 heterocycles. The third-order valence-electron chi connectivity index (χ3n) is 5.51. The van der Waals surface area contributed by atoms with Crippen LogP contribution < -0.4 is 0 Å². The highest BCUT2D eigenvalue weighted by atomic mass is 16.5. The molecular formula is C23H23NO. The van der Waals surface area contributed by atoms with Crippen molar-refractivity contribution in [3.05, 3.63) is 60.2 Å². The highest BCUT2D eigenvalue weighted by Crippen LogP contribution is 2.36. The van der Waals surface area contributed by atoms with E-state index in [1.54, 1.807) is 0 Å². The van der Waals surface area contributed by atoms with E-state index in [1.807, 2.05) is 0 Å². The predicted molar refractivity (Wildman–Crippen MR) is 105 cm³/mol. The highest BCUT2D eigenvalue weighted by Gasteiger charge is 2.22. The summed E-state index contributed by atoms with van der Waals surface area (Å²) in [6.07, 6.45) is 0.618. The first kappa shape index (κ1) is 15.1. The second-order valence-corrected chi connectivity index (χ2v) is 7.53. The summed E-state index contributed by atoms with van der Waals surface area (Å²) in [5, 5.41) is 8.23. The minimum Gasteiger partial charge on any atom is -0.373 e. The highest BCUT2D eigenvalue weighted by molar-refractivity contribution is 6.23. The Morgan fingerprint density at radius 3 is 2.12 bits per heavy atom. The van der Waals surface area contributed by atoms with E-state index in [9.17, 15) is 0 Å². The topological polar surface area (TPSA) is 12.5 Å². The molecule has 1 aliphatic heterocycles. The Labute approximate surface area is 148 Å². The molecule has 2 nitrogen and oxygen atoms in total. The van der Waals surface area contributed by atoms with Crippen LogP contribution in [0.2, 0.25) is 0 Å². The van der Waals surface area contributed by atoms with E-state index in [4.69, 9.17) is 4.74 Å². The van der Waals surface area contributed by atoms with E-state index in [2.05, 4.69) is 73.3 Å². The fourth-order valence-electron chi connectivity index (χ4n) is 4.59. The number of ether oxygens (including phenoxy) is 1. The second kappa shape index (κ2) is 5.69. The van der Waals surface area contributed by atoms with E-state index in [1.165, 1.54) is 37.9 Å². The predicted octanol–water partition coefficient (Wildman–Crippen LogP) is 5.19. The first-order valence-electron chi connectivity index (χ1n) is 9.22. The Bertz CT molecular complexity index is 1030. The van der Waals surface area contributed by atoms with Crippen molar-refractivity contribution in [2.75, 3.05) is 13.1 Å². The normalized spacial score (nSPS) is 22.3. The molecule has 0 unspecified atom stereocenters. The molecule has 0 aliphatic carbocycles. The first-order valence-corrected chi connectivity index (χ1v) is 9.22. The molecule has 0 aromatic heterocycles. The van der Waals surface area contributed by atoms with E-state index >= 15 is 0 Å². The van der Waals surface area contributed by atoms with Crippen LogP contribution in [0, 0.1) is 0 Å². The summed E-state index contributed by atoms with van der Waals surface area (Å²) < 4.78 is 5.89. The number of rotatable bonds is 2. The average Bonchev–Trinajstić information content (AvgIpc) is 2.60. The largest absolute Gasteiger partial charge is 0.373 e. The summed E-state index contributed by atoms with van der Waals surface area (Å²) in [7, 11) is 0. The van der Waals surface area contributed by atoms with E-state index in [-0.39, 0.29) is 0 Å². The van der Waals surface area contributed by atoms with E-state index in [0.717, 1.165) is 19.6 Å². The van der Waals surface area contributed by atoms with Gasteiger partial charge in [0.15, 0.2) is 0 Å². The maximum Gasteiger partial charge on any atom is 0.0678 e. The van der Waals surface area contributed by atoms with Crippen LogP contribution in [0.5, 0.6) is 0 Å². The SMILES string of the molecule is C[C@@H]1CN(Cc2ccc3ccc4cccc5ccc2c3c45)C[C@H](C)O1. The van der Waals surface area contributed by atoms with Crippen molar-refractivity contribution < 1.29 is 4.74 Å². The Balaban J connectivity index is 1.66. The maximum atomic E-state index is 5.89. The summed E-state index contributed by atoms with van der Waals surface area (Å²) in [6, 6.07) is 20.3. The van der Waals surface area contributed by atoms with Crippen LogP contribution in [0.15, 0.2) is 54.6 Å². The molecule has 4 aromatic carbocycles. The maximum absolute atomic E-state index is 5.89. The van der Waals surface area contributed by atoms with Gasteiger partial charge in [0.05, 0.1) is 12.2 Å². The summed E-state index contributed by atoms with van der Waals surface area (Å²) in [5.74, 6) is 0. The molecule has 126 valence electrons. The summed E-state index contributed by atoms with van der Waals surface area (Å²) in [6.45, 7) is 7.35. The third kappa shape index (κ3) is 2.48. The molecule has 2 atom stereocenters. The van der Waals surface area contributed by atoms with Crippen LogP contribution in [-0.2, 0) is 11.3 Å². The van der Waals surface area contributed by atoms with Crippen molar-refractivity contribution in [2.24, 2.45) is 0 Å². The minimum atomic E-state index is 0.309. The number of hydrogen-bond acceptors (Lipinski definition) is 2. The van der Waals surface area contributed by atoms with Crippen molar-refractivity contribution in [3.63, 3.8) is 0 Å². The molecule has 1 fully saturated rings. The number of nitrogens with zero attached hydrogens (tertiary/aromatic N) is 1. The quantitative estimate of drug-likeness (QED) is 0.469. The van der Waals surface area contributed by atoms with Gasteiger partial charge in [-0.25, -0.2) is 0 Å². The minimum absolute atomic E-state index is 0.309.